The molecular formula is C12H19N5. The van der Waals surface area contributed by atoms with Gasteiger partial charge in [0.15, 0.2) is 0 Å². The Labute approximate surface area is 101 Å². The van der Waals surface area contributed by atoms with E-state index in [0.717, 1.165) is 24.4 Å². The Bertz CT molecular complexity index is 513. The quantitative estimate of drug-likeness (QED) is 0.881. The van der Waals surface area contributed by atoms with Crippen LogP contribution in [0.15, 0.2) is 12.4 Å². The number of nitrogens with zero attached hydrogens (tertiary/aromatic N) is 4. The zero-order valence-electron chi connectivity index (χ0n) is 10.9. The Balaban J connectivity index is 2.44. The van der Waals surface area contributed by atoms with Crippen LogP contribution in [0.25, 0.3) is 5.78 Å². The summed E-state index contributed by atoms with van der Waals surface area (Å²) in [4.78, 5) is 8.45. The van der Waals surface area contributed by atoms with Crippen molar-refractivity contribution in [2.45, 2.75) is 46.1 Å². The van der Waals surface area contributed by atoms with Crippen LogP contribution in [0.5, 0.6) is 0 Å². The van der Waals surface area contributed by atoms with Crippen LogP contribution in [-0.2, 0) is 0 Å². The van der Waals surface area contributed by atoms with Crippen molar-refractivity contribution in [2.75, 3.05) is 5.32 Å². The summed E-state index contributed by atoms with van der Waals surface area (Å²) < 4.78 is 1.75. The number of hydrogen-bond acceptors (Lipinski definition) is 4. The van der Waals surface area contributed by atoms with E-state index in [1.165, 1.54) is 6.33 Å². The molecule has 2 aromatic heterocycles. The lowest BCUT2D eigenvalue weighted by Gasteiger charge is -2.29. The molecule has 0 spiro atoms. The van der Waals surface area contributed by atoms with Gasteiger partial charge in [-0.3, -0.25) is 0 Å². The largest absolute Gasteiger partial charge is 0.365 e. The first-order chi connectivity index (χ1) is 8.08. The van der Waals surface area contributed by atoms with Crippen LogP contribution in [0.4, 0.5) is 5.82 Å². The van der Waals surface area contributed by atoms with Gasteiger partial charge in [0.05, 0.1) is 0 Å². The van der Waals surface area contributed by atoms with Crippen LogP contribution in [0, 0.1) is 6.92 Å². The van der Waals surface area contributed by atoms with E-state index in [1.807, 2.05) is 13.0 Å². The highest BCUT2D eigenvalue weighted by Crippen LogP contribution is 2.21. The van der Waals surface area contributed by atoms with E-state index < -0.39 is 0 Å². The van der Waals surface area contributed by atoms with E-state index >= 15 is 0 Å². The van der Waals surface area contributed by atoms with Crippen LogP contribution in [0.3, 0.4) is 0 Å². The van der Waals surface area contributed by atoms with Crippen molar-refractivity contribution in [3.63, 3.8) is 0 Å². The van der Waals surface area contributed by atoms with E-state index in [1.54, 1.807) is 4.52 Å². The molecule has 0 aromatic carbocycles. The van der Waals surface area contributed by atoms with Gasteiger partial charge in [-0.1, -0.05) is 13.8 Å². The van der Waals surface area contributed by atoms with Gasteiger partial charge in [-0.2, -0.15) is 14.6 Å². The molecule has 0 saturated heterocycles. The number of anilines is 1. The predicted molar refractivity (Wildman–Crippen MR) is 68.1 cm³/mol. The summed E-state index contributed by atoms with van der Waals surface area (Å²) in [5.41, 5.74) is 1.02. The second-order valence-electron chi connectivity index (χ2n) is 4.65. The van der Waals surface area contributed by atoms with Crippen LogP contribution in [0.1, 0.15) is 39.3 Å². The van der Waals surface area contributed by atoms with Gasteiger partial charge >= 0.3 is 0 Å². The zero-order valence-corrected chi connectivity index (χ0v) is 10.9. The molecule has 0 saturated carbocycles. The van der Waals surface area contributed by atoms with Gasteiger partial charge in [0.1, 0.15) is 12.1 Å². The van der Waals surface area contributed by atoms with Gasteiger partial charge in [0, 0.05) is 17.3 Å². The molecule has 0 aliphatic carbocycles. The van der Waals surface area contributed by atoms with Crippen LogP contribution >= 0.6 is 0 Å². The molecule has 1 N–H and O–H groups in total. The maximum atomic E-state index is 4.33. The third kappa shape index (κ3) is 2.23. The number of aromatic nitrogens is 4. The van der Waals surface area contributed by atoms with Gasteiger partial charge in [-0.15, -0.1) is 0 Å². The van der Waals surface area contributed by atoms with Gasteiger partial charge in [-0.05, 0) is 26.7 Å². The highest BCUT2D eigenvalue weighted by atomic mass is 15.4. The molecule has 0 amide bonds. The van der Waals surface area contributed by atoms with Crippen molar-refractivity contribution >= 4 is 11.6 Å². The molecule has 0 fully saturated rings. The molecule has 17 heavy (non-hydrogen) atoms. The van der Waals surface area contributed by atoms with Crippen LogP contribution in [-0.4, -0.2) is 25.1 Å². The third-order valence-electron chi connectivity index (χ3n) is 3.37. The Morgan fingerprint density at radius 3 is 2.71 bits per heavy atom. The van der Waals surface area contributed by atoms with E-state index in [-0.39, 0.29) is 5.54 Å². The average molecular weight is 233 g/mol. The van der Waals surface area contributed by atoms with E-state index in [0.29, 0.717) is 5.78 Å². The second-order valence-corrected chi connectivity index (χ2v) is 4.65. The molecule has 0 atom stereocenters. The van der Waals surface area contributed by atoms with Crippen molar-refractivity contribution in [3.8, 4) is 0 Å². The molecule has 0 unspecified atom stereocenters. The topological polar surface area (TPSA) is 55.1 Å². The molecule has 0 aliphatic heterocycles. The third-order valence-corrected chi connectivity index (χ3v) is 3.37. The summed E-state index contributed by atoms with van der Waals surface area (Å²) in [6.45, 7) is 8.55. The SMILES string of the molecule is CCC(C)(CC)Nc1cc(C)nc2ncnn12. The fraction of sp³-hybridized carbons (Fsp3) is 0.583. The highest BCUT2D eigenvalue weighted by molar-refractivity contribution is 5.46. The van der Waals surface area contributed by atoms with Crippen LogP contribution in [0.2, 0.25) is 0 Å². The number of nitrogens with one attached hydrogen (secondary N) is 1. The maximum Gasteiger partial charge on any atom is 0.254 e. The average Bonchev–Trinajstić information content (AvgIpc) is 2.77. The fourth-order valence-corrected chi connectivity index (χ4v) is 1.76. The first kappa shape index (κ1) is 11.8. The summed E-state index contributed by atoms with van der Waals surface area (Å²) in [7, 11) is 0. The Morgan fingerprint density at radius 1 is 1.35 bits per heavy atom. The Morgan fingerprint density at radius 2 is 2.06 bits per heavy atom. The molecule has 0 radical (unpaired) electrons. The normalized spacial score (nSPS) is 12.0. The van der Waals surface area contributed by atoms with E-state index in [4.69, 9.17) is 0 Å². The summed E-state index contributed by atoms with van der Waals surface area (Å²) in [6, 6.07) is 2.01. The monoisotopic (exact) mass is 233 g/mol. The van der Waals surface area contributed by atoms with E-state index in [2.05, 4.69) is 41.2 Å². The van der Waals surface area contributed by atoms with Crippen LogP contribution < -0.4 is 5.32 Å². The van der Waals surface area contributed by atoms with Crippen molar-refractivity contribution in [2.24, 2.45) is 0 Å². The van der Waals surface area contributed by atoms with Crippen molar-refractivity contribution < 1.29 is 0 Å². The molecule has 2 aromatic rings. The van der Waals surface area contributed by atoms with Crippen molar-refractivity contribution in [1.29, 1.82) is 0 Å². The second kappa shape index (κ2) is 4.31. The highest BCUT2D eigenvalue weighted by Gasteiger charge is 2.20. The molecule has 92 valence electrons. The molecule has 5 heteroatoms. The molecule has 2 rings (SSSR count). The zero-order chi connectivity index (χ0) is 12.5. The summed E-state index contributed by atoms with van der Waals surface area (Å²) in [5.74, 6) is 1.60. The Kier molecular flexibility index (Phi) is 3.00. The molecule has 0 aliphatic rings. The summed E-state index contributed by atoms with van der Waals surface area (Å²) in [5, 5.41) is 7.74. The van der Waals surface area contributed by atoms with Crippen molar-refractivity contribution in [1.82, 2.24) is 19.6 Å². The van der Waals surface area contributed by atoms with Gasteiger partial charge < -0.3 is 5.32 Å². The van der Waals surface area contributed by atoms with Crippen molar-refractivity contribution in [3.05, 3.63) is 18.1 Å². The number of rotatable bonds is 4. The standard InChI is InChI=1S/C12H19N5/c1-5-12(4,6-2)16-10-7-9(3)15-11-13-8-14-17(10)11/h7-8,16H,5-6H2,1-4H3. The lowest BCUT2D eigenvalue weighted by atomic mass is 9.96. The summed E-state index contributed by atoms with van der Waals surface area (Å²) >= 11 is 0. The molecular weight excluding hydrogens is 214 g/mol. The predicted octanol–water partition coefficient (Wildman–Crippen LogP) is 2.42. The van der Waals surface area contributed by atoms with Gasteiger partial charge in [0.25, 0.3) is 5.78 Å². The molecule has 0 bridgehead atoms. The number of fused-ring (bicyclic) bond motifs is 1. The maximum absolute atomic E-state index is 4.33. The minimum atomic E-state index is 0.0761. The first-order valence-corrected chi connectivity index (χ1v) is 6.03. The van der Waals surface area contributed by atoms with Gasteiger partial charge in [-0.25, -0.2) is 4.98 Å². The minimum Gasteiger partial charge on any atom is -0.365 e. The fourth-order valence-electron chi connectivity index (χ4n) is 1.76. The smallest absolute Gasteiger partial charge is 0.254 e. The number of aryl methyl sites for hydroxylation is 1. The van der Waals surface area contributed by atoms with Gasteiger partial charge in [0.2, 0.25) is 0 Å². The molecule has 2 heterocycles. The summed E-state index contributed by atoms with van der Waals surface area (Å²) in [6.07, 6.45) is 3.64. The molecule has 5 nitrogen and oxygen atoms in total. The number of hydrogen-bond donors (Lipinski definition) is 1. The lowest BCUT2D eigenvalue weighted by Crippen LogP contribution is -2.34. The van der Waals surface area contributed by atoms with E-state index in [9.17, 15) is 0 Å². The lowest BCUT2D eigenvalue weighted by molar-refractivity contribution is 0.475. The Hall–Kier alpha value is -1.65. The minimum absolute atomic E-state index is 0.0761. The first-order valence-electron chi connectivity index (χ1n) is 6.03.